The van der Waals surface area contributed by atoms with Gasteiger partial charge in [-0.1, -0.05) is 0 Å². The Labute approximate surface area is 113 Å². The average molecular weight is 317 g/mol. The van der Waals surface area contributed by atoms with Gasteiger partial charge in [0.25, 0.3) is 0 Å². The van der Waals surface area contributed by atoms with Gasteiger partial charge in [0.15, 0.2) is 0 Å². The molecule has 1 aromatic heterocycles. The molecule has 0 atom stereocenters. The highest BCUT2D eigenvalue weighted by Crippen LogP contribution is 2.27. The Morgan fingerprint density at radius 1 is 1.50 bits per heavy atom. The van der Waals surface area contributed by atoms with Crippen molar-refractivity contribution in [2.24, 2.45) is 0 Å². The van der Waals surface area contributed by atoms with Crippen LogP contribution in [0.25, 0.3) is 0 Å². The summed E-state index contributed by atoms with van der Waals surface area (Å²) in [6, 6.07) is 1.36. The molecule has 0 aliphatic heterocycles. The average Bonchev–Trinajstić information content (AvgIpc) is 2.28. The van der Waals surface area contributed by atoms with Gasteiger partial charge in [0.1, 0.15) is 0 Å². The normalized spacial score (nSPS) is 10.0. The Morgan fingerprint density at radius 2 is 2.11 bits per heavy atom. The number of likely N-dealkylation sites (N-methyl/N-ethyl adjacent to an activating group) is 2. The number of hydrogen-bond acceptors (Lipinski definition) is 5. The van der Waals surface area contributed by atoms with E-state index in [1.165, 1.54) is 22.1 Å². The van der Waals surface area contributed by atoms with Crippen molar-refractivity contribution in [3.05, 3.63) is 26.9 Å². The molecular formula is C10H13BrN4O3. The summed E-state index contributed by atoms with van der Waals surface area (Å²) >= 11 is 3.13. The molecule has 18 heavy (non-hydrogen) atoms. The molecule has 0 saturated carbocycles. The standard InChI is InChI=1S/C10H13BrN4O3/c1-13(2)9(16)6-14(3)10-8(15(17)18)4-7(11)5-12-10/h4-5H,6H2,1-3H3. The van der Waals surface area contributed by atoms with Crippen LogP contribution >= 0.6 is 15.9 Å². The minimum Gasteiger partial charge on any atom is -0.347 e. The Hall–Kier alpha value is -1.70. The van der Waals surface area contributed by atoms with E-state index in [-0.39, 0.29) is 24.0 Å². The van der Waals surface area contributed by atoms with Crippen molar-refractivity contribution in [3.8, 4) is 0 Å². The Kier molecular flexibility index (Phi) is 4.60. The highest BCUT2D eigenvalue weighted by molar-refractivity contribution is 9.10. The van der Waals surface area contributed by atoms with Crippen LogP contribution in [0.5, 0.6) is 0 Å². The third-order valence-electron chi connectivity index (χ3n) is 2.24. The fourth-order valence-corrected chi connectivity index (χ4v) is 1.59. The molecule has 0 N–H and O–H groups in total. The predicted octanol–water partition coefficient (Wildman–Crippen LogP) is 1.28. The topological polar surface area (TPSA) is 79.6 Å². The van der Waals surface area contributed by atoms with E-state index < -0.39 is 4.92 Å². The lowest BCUT2D eigenvalue weighted by atomic mass is 10.3. The lowest BCUT2D eigenvalue weighted by Gasteiger charge is -2.19. The highest BCUT2D eigenvalue weighted by atomic mass is 79.9. The van der Waals surface area contributed by atoms with E-state index in [0.29, 0.717) is 4.47 Å². The van der Waals surface area contributed by atoms with E-state index in [0.717, 1.165) is 0 Å². The number of anilines is 1. The van der Waals surface area contributed by atoms with Crippen LogP contribution in [0.1, 0.15) is 0 Å². The van der Waals surface area contributed by atoms with E-state index in [4.69, 9.17) is 0 Å². The molecule has 0 radical (unpaired) electrons. The van der Waals surface area contributed by atoms with E-state index in [1.807, 2.05) is 0 Å². The molecule has 1 heterocycles. The number of amides is 1. The second-order valence-corrected chi connectivity index (χ2v) is 4.81. The van der Waals surface area contributed by atoms with E-state index in [1.54, 1.807) is 21.1 Å². The number of carbonyl (C=O) groups excluding carboxylic acids is 1. The monoisotopic (exact) mass is 316 g/mol. The summed E-state index contributed by atoms with van der Waals surface area (Å²) in [7, 11) is 4.84. The van der Waals surface area contributed by atoms with Gasteiger partial charge in [-0.3, -0.25) is 14.9 Å². The molecule has 0 aliphatic carbocycles. The number of hydrogen-bond donors (Lipinski definition) is 0. The van der Waals surface area contributed by atoms with Gasteiger partial charge in [-0.25, -0.2) is 4.98 Å². The summed E-state index contributed by atoms with van der Waals surface area (Å²) in [6.07, 6.45) is 1.46. The molecule has 1 aromatic rings. The quantitative estimate of drug-likeness (QED) is 0.617. The first-order valence-corrected chi connectivity index (χ1v) is 5.83. The Bertz CT molecular complexity index is 478. The van der Waals surface area contributed by atoms with Crippen LogP contribution in [-0.2, 0) is 4.79 Å². The minimum absolute atomic E-state index is 0.0302. The number of nitrogens with zero attached hydrogens (tertiary/aromatic N) is 4. The molecule has 1 amide bonds. The summed E-state index contributed by atoms with van der Waals surface area (Å²) in [6.45, 7) is 0.0302. The smallest absolute Gasteiger partial charge is 0.312 e. The van der Waals surface area contributed by atoms with Gasteiger partial charge in [-0.2, -0.15) is 0 Å². The summed E-state index contributed by atoms with van der Waals surface area (Å²) in [5.74, 6) is 0.00918. The zero-order valence-corrected chi connectivity index (χ0v) is 11.8. The number of rotatable bonds is 4. The second-order valence-electron chi connectivity index (χ2n) is 3.90. The van der Waals surface area contributed by atoms with Gasteiger partial charge in [0, 0.05) is 37.9 Å². The first-order valence-electron chi connectivity index (χ1n) is 5.04. The Balaban J connectivity index is 3.02. The van der Waals surface area contributed by atoms with Crippen molar-refractivity contribution in [2.45, 2.75) is 0 Å². The highest BCUT2D eigenvalue weighted by Gasteiger charge is 2.21. The fourth-order valence-electron chi connectivity index (χ4n) is 1.27. The van der Waals surface area contributed by atoms with Crippen molar-refractivity contribution >= 4 is 33.3 Å². The third-order valence-corrected chi connectivity index (χ3v) is 2.68. The van der Waals surface area contributed by atoms with Crippen molar-refractivity contribution in [3.63, 3.8) is 0 Å². The van der Waals surface area contributed by atoms with E-state index in [2.05, 4.69) is 20.9 Å². The van der Waals surface area contributed by atoms with Crippen LogP contribution in [0.15, 0.2) is 16.7 Å². The molecule has 0 saturated heterocycles. The summed E-state index contributed by atoms with van der Waals surface area (Å²) < 4.78 is 0.519. The molecular weight excluding hydrogens is 304 g/mol. The minimum atomic E-state index is -0.524. The maximum absolute atomic E-state index is 11.6. The molecule has 98 valence electrons. The van der Waals surface area contributed by atoms with Crippen LogP contribution < -0.4 is 4.90 Å². The zero-order valence-electron chi connectivity index (χ0n) is 10.3. The molecule has 0 fully saturated rings. The number of pyridine rings is 1. The third kappa shape index (κ3) is 3.39. The van der Waals surface area contributed by atoms with Crippen LogP contribution in [-0.4, -0.2) is 48.4 Å². The van der Waals surface area contributed by atoms with Crippen LogP contribution in [0.4, 0.5) is 11.5 Å². The lowest BCUT2D eigenvalue weighted by molar-refractivity contribution is -0.384. The number of halogens is 1. The molecule has 0 aliphatic rings. The van der Waals surface area contributed by atoms with Gasteiger partial charge in [-0.05, 0) is 15.9 Å². The van der Waals surface area contributed by atoms with Gasteiger partial charge < -0.3 is 9.80 Å². The van der Waals surface area contributed by atoms with Crippen molar-refractivity contribution < 1.29 is 9.72 Å². The van der Waals surface area contributed by atoms with Crippen LogP contribution in [0, 0.1) is 10.1 Å². The SMILES string of the molecule is CN(C)C(=O)CN(C)c1ncc(Br)cc1[N+](=O)[O-]. The summed E-state index contributed by atoms with van der Waals surface area (Å²) in [5, 5.41) is 10.9. The summed E-state index contributed by atoms with van der Waals surface area (Å²) in [4.78, 5) is 28.8. The van der Waals surface area contributed by atoms with Crippen LogP contribution in [0.3, 0.4) is 0 Å². The molecule has 8 heteroatoms. The van der Waals surface area contributed by atoms with Gasteiger partial charge >= 0.3 is 5.69 Å². The number of carbonyl (C=O) groups is 1. The lowest BCUT2D eigenvalue weighted by Crippen LogP contribution is -2.35. The predicted molar refractivity (Wildman–Crippen MR) is 70.6 cm³/mol. The second kappa shape index (κ2) is 5.76. The van der Waals surface area contributed by atoms with Crippen molar-refractivity contribution in [2.75, 3.05) is 32.6 Å². The molecule has 0 spiro atoms. The summed E-state index contributed by atoms with van der Waals surface area (Å²) in [5.41, 5.74) is -0.140. The Morgan fingerprint density at radius 3 is 2.61 bits per heavy atom. The van der Waals surface area contributed by atoms with E-state index in [9.17, 15) is 14.9 Å². The zero-order chi connectivity index (χ0) is 13.9. The van der Waals surface area contributed by atoms with Crippen molar-refractivity contribution in [1.29, 1.82) is 0 Å². The molecule has 0 aromatic carbocycles. The number of aromatic nitrogens is 1. The van der Waals surface area contributed by atoms with E-state index >= 15 is 0 Å². The van der Waals surface area contributed by atoms with Gasteiger partial charge in [0.05, 0.1) is 11.5 Å². The van der Waals surface area contributed by atoms with Crippen LogP contribution in [0.2, 0.25) is 0 Å². The molecule has 0 unspecified atom stereocenters. The molecule has 7 nitrogen and oxygen atoms in total. The molecule has 1 rings (SSSR count). The maximum atomic E-state index is 11.6. The number of nitro groups is 1. The van der Waals surface area contributed by atoms with Gasteiger partial charge in [-0.15, -0.1) is 0 Å². The van der Waals surface area contributed by atoms with Gasteiger partial charge in [0.2, 0.25) is 11.7 Å². The largest absolute Gasteiger partial charge is 0.347 e. The maximum Gasteiger partial charge on any atom is 0.312 e. The van der Waals surface area contributed by atoms with Crippen molar-refractivity contribution in [1.82, 2.24) is 9.88 Å². The first-order chi connectivity index (χ1) is 8.32. The molecule has 0 bridgehead atoms. The fraction of sp³-hybridized carbons (Fsp3) is 0.400. The first kappa shape index (κ1) is 14.4.